The molecule has 2 atom stereocenters. The van der Waals surface area contributed by atoms with E-state index in [1.807, 2.05) is 0 Å². The zero-order valence-corrected chi connectivity index (χ0v) is 39.4. The molecule has 0 bridgehead atoms. The lowest BCUT2D eigenvalue weighted by Crippen LogP contribution is -2.55. The molecule has 0 amide bonds. The number of esters is 2. The van der Waals surface area contributed by atoms with E-state index >= 15 is 0 Å². The monoisotopic (exact) mass is 834 g/mol. The summed E-state index contributed by atoms with van der Waals surface area (Å²) in [6.07, 6.45) is 47.7. The van der Waals surface area contributed by atoms with Crippen LogP contribution in [0.2, 0.25) is 0 Å². The van der Waals surface area contributed by atoms with Crippen LogP contribution in [-0.2, 0) is 28.6 Å². The van der Waals surface area contributed by atoms with Crippen molar-refractivity contribution in [2.45, 2.75) is 244 Å². The lowest BCUT2D eigenvalue weighted by Gasteiger charge is -2.34. The van der Waals surface area contributed by atoms with Gasteiger partial charge in [0.25, 0.3) is 0 Å². The first kappa shape index (κ1) is 56.8. The second-order valence-corrected chi connectivity index (χ2v) is 18.1. The minimum Gasteiger partial charge on any atom is -0.544 e. The fraction of sp³-hybridized carbons (Fsp3) is 0.863. The Morgan fingerprint density at radius 2 is 0.881 bits per heavy atom. The molecule has 0 heterocycles. The van der Waals surface area contributed by atoms with Crippen molar-refractivity contribution in [3.05, 3.63) is 24.3 Å². The van der Waals surface area contributed by atoms with E-state index in [9.17, 15) is 19.5 Å². The van der Waals surface area contributed by atoms with E-state index in [2.05, 4.69) is 38.2 Å². The number of hydrogen-bond acceptors (Lipinski definition) is 7. The lowest BCUT2D eigenvalue weighted by molar-refractivity contribution is -0.889. The molecule has 59 heavy (non-hydrogen) atoms. The largest absolute Gasteiger partial charge is 0.544 e. The summed E-state index contributed by atoms with van der Waals surface area (Å²) in [4.78, 5) is 37.0. The highest BCUT2D eigenvalue weighted by Crippen LogP contribution is 2.16. The highest BCUT2D eigenvalue weighted by Gasteiger charge is 2.25. The summed E-state index contributed by atoms with van der Waals surface area (Å²) >= 11 is 0. The molecule has 0 aliphatic carbocycles. The lowest BCUT2D eigenvalue weighted by atomic mass is 10.0. The Hall–Kier alpha value is -2.19. The fourth-order valence-corrected chi connectivity index (χ4v) is 7.48. The Morgan fingerprint density at radius 1 is 0.508 bits per heavy atom. The van der Waals surface area contributed by atoms with E-state index in [1.165, 1.54) is 161 Å². The SMILES string of the molecule is CCCCC/C=C/C=C/CCCCCCCCCCCCC(=O)OC(COCCC(C(=O)[O-])[N+](C)(C)C)COC(=O)CCCCCCCCCCCCCCCCCC. The predicted molar refractivity (Wildman–Crippen MR) is 245 cm³/mol. The fourth-order valence-electron chi connectivity index (χ4n) is 7.48. The molecule has 0 fully saturated rings. The number of likely N-dealkylation sites (N-methyl/N-ethyl adjacent to an activating group) is 1. The van der Waals surface area contributed by atoms with Gasteiger partial charge in [0, 0.05) is 19.3 Å². The van der Waals surface area contributed by atoms with Gasteiger partial charge in [-0.2, -0.15) is 0 Å². The highest BCUT2D eigenvalue weighted by atomic mass is 16.6. The number of unbranched alkanes of at least 4 members (excludes halogenated alkanes) is 28. The van der Waals surface area contributed by atoms with Crippen molar-refractivity contribution in [3.8, 4) is 0 Å². The summed E-state index contributed by atoms with van der Waals surface area (Å²) in [6.45, 7) is 4.67. The third-order valence-electron chi connectivity index (χ3n) is 11.4. The Morgan fingerprint density at radius 3 is 1.31 bits per heavy atom. The van der Waals surface area contributed by atoms with Crippen LogP contribution in [0.4, 0.5) is 0 Å². The summed E-state index contributed by atoms with van der Waals surface area (Å²) in [5.41, 5.74) is 0. The van der Waals surface area contributed by atoms with Crippen LogP contribution in [-0.4, -0.2) is 75.5 Å². The third kappa shape index (κ3) is 41.0. The van der Waals surface area contributed by atoms with Gasteiger partial charge in [-0.25, -0.2) is 0 Å². The first-order chi connectivity index (χ1) is 28.6. The van der Waals surface area contributed by atoms with E-state index in [-0.39, 0.29) is 42.7 Å². The van der Waals surface area contributed by atoms with Crippen molar-refractivity contribution >= 4 is 17.9 Å². The molecule has 2 unspecified atom stereocenters. The van der Waals surface area contributed by atoms with Crippen molar-refractivity contribution in [2.24, 2.45) is 0 Å². The van der Waals surface area contributed by atoms with Gasteiger partial charge in [-0.05, 0) is 38.5 Å². The van der Waals surface area contributed by atoms with Crippen LogP contribution in [0.3, 0.4) is 0 Å². The maximum absolute atomic E-state index is 12.8. The molecule has 0 N–H and O–H groups in total. The van der Waals surface area contributed by atoms with E-state index in [1.54, 1.807) is 21.1 Å². The van der Waals surface area contributed by atoms with Gasteiger partial charge in [-0.1, -0.05) is 199 Å². The third-order valence-corrected chi connectivity index (χ3v) is 11.4. The van der Waals surface area contributed by atoms with Crippen LogP contribution >= 0.6 is 0 Å². The Balaban J connectivity index is 4.25. The first-order valence-electron chi connectivity index (χ1n) is 24.9. The molecule has 0 saturated heterocycles. The molecule has 8 nitrogen and oxygen atoms in total. The zero-order chi connectivity index (χ0) is 43.5. The molecule has 0 aliphatic heterocycles. The molecule has 0 aromatic heterocycles. The number of nitrogens with zero attached hydrogens (tertiary/aromatic N) is 1. The van der Waals surface area contributed by atoms with Crippen molar-refractivity contribution in [1.29, 1.82) is 0 Å². The number of carbonyl (C=O) groups is 3. The van der Waals surface area contributed by atoms with Crippen molar-refractivity contribution in [1.82, 2.24) is 0 Å². The molecule has 0 aromatic rings. The molecular weight excluding hydrogens is 739 g/mol. The first-order valence-corrected chi connectivity index (χ1v) is 24.9. The minimum absolute atomic E-state index is 0.0439. The van der Waals surface area contributed by atoms with E-state index in [0.29, 0.717) is 12.8 Å². The zero-order valence-electron chi connectivity index (χ0n) is 39.4. The van der Waals surface area contributed by atoms with Gasteiger partial charge in [0.2, 0.25) is 0 Å². The topological polar surface area (TPSA) is 102 Å². The van der Waals surface area contributed by atoms with Crippen LogP contribution in [0.15, 0.2) is 24.3 Å². The van der Waals surface area contributed by atoms with Crippen LogP contribution in [0.1, 0.15) is 232 Å². The highest BCUT2D eigenvalue weighted by molar-refractivity contribution is 5.70. The molecule has 0 aromatic carbocycles. The second kappa shape index (κ2) is 42.5. The van der Waals surface area contributed by atoms with Gasteiger partial charge in [0.05, 0.1) is 40.3 Å². The summed E-state index contributed by atoms with van der Waals surface area (Å²) in [5, 5.41) is 11.6. The smallest absolute Gasteiger partial charge is 0.306 e. The normalized spacial score (nSPS) is 13.0. The van der Waals surface area contributed by atoms with Gasteiger partial charge in [-0.15, -0.1) is 0 Å². The standard InChI is InChI=1S/C51H95NO7/c1-6-8-10-12-14-16-18-20-22-24-25-26-28-30-32-34-36-38-40-42-50(54)59-47(45-57-44-43-48(51(55)56)52(3,4)5)46-58-49(53)41-39-37-35-33-31-29-27-23-21-19-17-15-13-11-9-7-2/h14,16,18,20,47-48H,6-13,15,17,19,21-46H2,1-5H3/b16-14+,20-18+. The molecule has 8 heteroatoms. The number of carboxylic acids is 1. The van der Waals surface area contributed by atoms with Crippen molar-refractivity contribution in [3.63, 3.8) is 0 Å². The summed E-state index contributed by atoms with van der Waals surface area (Å²) in [6, 6.07) is -0.724. The van der Waals surface area contributed by atoms with Crippen molar-refractivity contribution in [2.75, 3.05) is 41.0 Å². The van der Waals surface area contributed by atoms with Crippen LogP contribution in [0, 0.1) is 0 Å². The number of allylic oxidation sites excluding steroid dienone is 4. The van der Waals surface area contributed by atoms with E-state index < -0.39 is 18.1 Å². The van der Waals surface area contributed by atoms with Gasteiger partial charge < -0.3 is 28.6 Å². The van der Waals surface area contributed by atoms with Gasteiger partial charge in [-0.3, -0.25) is 9.59 Å². The average Bonchev–Trinajstić information content (AvgIpc) is 3.19. The van der Waals surface area contributed by atoms with Crippen molar-refractivity contribution < 1.29 is 38.2 Å². The van der Waals surface area contributed by atoms with Crippen LogP contribution < -0.4 is 5.11 Å². The van der Waals surface area contributed by atoms with E-state index in [4.69, 9.17) is 14.2 Å². The molecule has 346 valence electrons. The Kier molecular flexibility index (Phi) is 40.9. The Labute approximate surface area is 364 Å². The number of rotatable bonds is 45. The average molecular weight is 834 g/mol. The molecule has 0 saturated carbocycles. The van der Waals surface area contributed by atoms with Gasteiger partial charge in [0.15, 0.2) is 6.10 Å². The number of ether oxygens (including phenoxy) is 3. The number of hydrogen-bond donors (Lipinski definition) is 0. The number of carboxylic acid groups (broad SMARTS) is 1. The number of quaternary nitrogens is 1. The molecular formula is C51H95NO7. The number of aliphatic carboxylic acids is 1. The predicted octanol–water partition coefficient (Wildman–Crippen LogP) is 12.7. The summed E-state index contributed by atoms with van der Waals surface area (Å²) in [5.74, 6) is -1.72. The minimum atomic E-state index is -1.12. The van der Waals surface area contributed by atoms with Gasteiger partial charge in [0.1, 0.15) is 12.6 Å². The molecule has 0 spiro atoms. The summed E-state index contributed by atoms with van der Waals surface area (Å²) in [7, 11) is 5.42. The second-order valence-electron chi connectivity index (χ2n) is 18.1. The maximum Gasteiger partial charge on any atom is 0.306 e. The van der Waals surface area contributed by atoms with Crippen LogP contribution in [0.25, 0.3) is 0 Å². The van der Waals surface area contributed by atoms with Gasteiger partial charge >= 0.3 is 11.9 Å². The molecule has 0 rings (SSSR count). The molecule has 0 aliphatic rings. The summed E-state index contributed by atoms with van der Waals surface area (Å²) < 4.78 is 17.2. The molecule has 0 radical (unpaired) electrons. The quantitative estimate of drug-likeness (QED) is 0.0260. The number of carbonyl (C=O) groups excluding carboxylic acids is 3. The Bertz CT molecular complexity index is 1020. The maximum atomic E-state index is 12.8. The van der Waals surface area contributed by atoms with E-state index in [0.717, 1.165) is 38.5 Å². The van der Waals surface area contributed by atoms with Crippen LogP contribution in [0.5, 0.6) is 0 Å².